The molecule has 0 saturated heterocycles. The Labute approximate surface area is 109 Å². The van der Waals surface area contributed by atoms with E-state index in [1.54, 1.807) is 5.01 Å². The Morgan fingerprint density at radius 2 is 2.06 bits per heavy atom. The van der Waals surface area contributed by atoms with Gasteiger partial charge in [-0.15, -0.1) is 0 Å². The molecule has 0 aliphatic heterocycles. The van der Waals surface area contributed by atoms with E-state index in [1.165, 1.54) is 0 Å². The van der Waals surface area contributed by atoms with Gasteiger partial charge in [0.25, 0.3) is 0 Å². The fourth-order valence-corrected chi connectivity index (χ4v) is 2.21. The fourth-order valence-electron chi connectivity index (χ4n) is 1.74. The van der Waals surface area contributed by atoms with E-state index in [2.05, 4.69) is 4.72 Å². The van der Waals surface area contributed by atoms with Gasteiger partial charge in [-0.25, -0.2) is 19.0 Å². The third-order valence-electron chi connectivity index (χ3n) is 2.64. The first-order chi connectivity index (χ1) is 8.33. The van der Waals surface area contributed by atoms with Crippen molar-refractivity contribution in [3.63, 3.8) is 0 Å². The summed E-state index contributed by atoms with van der Waals surface area (Å²) in [5.41, 5.74) is 3.13. The lowest BCUT2D eigenvalue weighted by molar-refractivity contribution is 0.588. The Bertz CT molecular complexity index is 500. The van der Waals surface area contributed by atoms with Gasteiger partial charge in [-0.3, -0.25) is 0 Å². The summed E-state index contributed by atoms with van der Waals surface area (Å²) >= 11 is 0. The summed E-state index contributed by atoms with van der Waals surface area (Å²) in [6.45, 7) is 5.06. The van der Waals surface area contributed by atoms with Crippen LogP contribution in [-0.2, 0) is 16.4 Å². The van der Waals surface area contributed by atoms with Crippen LogP contribution >= 0.6 is 0 Å². The van der Waals surface area contributed by atoms with Gasteiger partial charge in [-0.2, -0.15) is 0 Å². The second-order valence-corrected chi connectivity index (χ2v) is 6.17. The van der Waals surface area contributed by atoms with Crippen molar-refractivity contribution in [2.75, 3.05) is 24.4 Å². The molecule has 0 aromatic heterocycles. The SMILES string of the molecule is CCN(N)c1ccc(C)cc1CCNS(C)(=O)=O. The molecule has 0 unspecified atom stereocenters. The van der Waals surface area contributed by atoms with Crippen molar-refractivity contribution in [1.82, 2.24) is 4.72 Å². The van der Waals surface area contributed by atoms with E-state index in [-0.39, 0.29) is 0 Å². The van der Waals surface area contributed by atoms with Crippen molar-refractivity contribution in [2.24, 2.45) is 5.84 Å². The highest BCUT2D eigenvalue weighted by molar-refractivity contribution is 7.88. The monoisotopic (exact) mass is 271 g/mol. The summed E-state index contributed by atoms with van der Waals surface area (Å²) in [7, 11) is -3.14. The van der Waals surface area contributed by atoms with Gasteiger partial charge in [0, 0.05) is 13.1 Å². The second-order valence-electron chi connectivity index (χ2n) is 4.33. The van der Waals surface area contributed by atoms with E-state index >= 15 is 0 Å². The van der Waals surface area contributed by atoms with Crippen molar-refractivity contribution in [1.29, 1.82) is 0 Å². The minimum atomic E-state index is -3.14. The van der Waals surface area contributed by atoms with Gasteiger partial charge >= 0.3 is 0 Å². The number of hydrazine groups is 1. The van der Waals surface area contributed by atoms with Crippen LogP contribution in [-0.4, -0.2) is 27.8 Å². The lowest BCUT2D eigenvalue weighted by atomic mass is 10.1. The lowest BCUT2D eigenvalue weighted by Gasteiger charge is -2.20. The molecular weight excluding hydrogens is 250 g/mol. The van der Waals surface area contributed by atoms with E-state index in [4.69, 9.17) is 5.84 Å². The van der Waals surface area contributed by atoms with Gasteiger partial charge in [-0.05, 0) is 31.9 Å². The van der Waals surface area contributed by atoms with Crippen LogP contribution in [0.15, 0.2) is 18.2 Å². The molecule has 102 valence electrons. The molecule has 0 fully saturated rings. The molecule has 0 heterocycles. The number of hydrogen-bond donors (Lipinski definition) is 2. The molecule has 0 saturated carbocycles. The zero-order valence-electron chi connectivity index (χ0n) is 11.1. The number of nitrogens with zero attached hydrogens (tertiary/aromatic N) is 1. The molecule has 1 aromatic carbocycles. The third-order valence-corrected chi connectivity index (χ3v) is 3.37. The van der Waals surface area contributed by atoms with Crippen LogP contribution in [0.1, 0.15) is 18.1 Å². The Hall–Kier alpha value is -1.11. The Morgan fingerprint density at radius 1 is 1.39 bits per heavy atom. The second kappa shape index (κ2) is 6.17. The molecule has 0 radical (unpaired) electrons. The normalized spacial score (nSPS) is 11.6. The van der Waals surface area contributed by atoms with Crippen LogP contribution < -0.4 is 15.6 Å². The Kier molecular flexibility index (Phi) is 5.13. The number of anilines is 1. The molecule has 0 atom stereocenters. The quantitative estimate of drug-likeness (QED) is 0.592. The predicted molar refractivity (Wildman–Crippen MR) is 74.9 cm³/mol. The Morgan fingerprint density at radius 3 is 2.61 bits per heavy atom. The van der Waals surface area contributed by atoms with E-state index in [0.717, 1.165) is 23.1 Å². The number of hydrogen-bond acceptors (Lipinski definition) is 4. The molecule has 0 aliphatic rings. The minimum Gasteiger partial charge on any atom is -0.311 e. The summed E-state index contributed by atoms with van der Waals surface area (Å²) in [5.74, 6) is 5.90. The van der Waals surface area contributed by atoms with Crippen LogP contribution in [0, 0.1) is 6.92 Å². The van der Waals surface area contributed by atoms with Gasteiger partial charge < -0.3 is 5.01 Å². The predicted octanol–water partition coefficient (Wildman–Crippen LogP) is 0.787. The number of nitrogens with one attached hydrogen (secondary N) is 1. The van der Waals surface area contributed by atoms with Gasteiger partial charge in [0.05, 0.1) is 11.9 Å². The smallest absolute Gasteiger partial charge is 0.208 e. The molecule has 0 spiro atoms. The highest BCUT2D eigenvalue weighted by Gasteiger charge is 2.08. The molecule has 0 aliphatic carbocycles. The maximum Gasteiger partial charge on any atom is 0.208 e. The molecule has 1 rings (SSSR count). The van der Waals surface area contributed by atoms with Crippen LogP contribution in [0.5, 0.6) is 0 Å². The molecule has 0 bridgehead atoms. The zero-order chi connectivity index (χ0) is 13.8. The van der Waals surface area contributed by atoms with Crippen molar-refractivity contribution in [3.05, 3.63) is 29.3 Å². The first-order valence-electron chi connectivity index (χ1n) is 5.90. The number of rotatable bonds is 6. The van der Waals surface area contributed by atoms with Crippen LogP contribution in [0.3, 0.4) is 0 Å². The largest absolute Gasteiger partial charge is 0.311 e. The van der Waals surface area contributed by atoms with Crippen LogP contribution in [0.4, 0.5) is 5.69 Å². The summed E-state index contributed by atoms with van der Waals surface area (Å²) in [6, 6.07) is 6.00. The van der Waals surface area contributed by atoms with Gasteiger partial charge in [0.15, 0.2) is 0 Å². The summed E-state index contributed by atoms with van der Waals surface area (Å²) in [5, 5.41) is 1.66. The molecule has 18 heavy (non-hydrogen) atoms. The standard InChI is InChI=1S/C12H21N3O2S/c1-4-15(13)12-6-5-10(2)9-11(12)7-8-14-18(3,16)17/h5-6,9,14H,4,7-8,13H2,1-3H3. The average Bonchev–Trinajstić information content (AvgIpc) is 2.26. The van der Waals surface area contributed by atoms with Crippen LogP contribution in [0.25, 0.3) is 0 Å². The number of sulfonamides is 1. The number of benzene rings is 1. The maximum atomic E-state index is 11.0. The highest BCUT2D eigenvalue weighted by atomic mass is 32.2. The summed E-state index contributed by atoms with van der Waals surface area (Å²) in [4.78, 5) is 0. The fraction of sp³-hybridized carbons (Fsp3) is 0.500. The van der Waals surface area contributed by atoms with Gasteiger partial charge in [0.1, 0.15) is 0 Å². The zero-order valence-corrected chi connectivity index (χ0v) is 11.9. The van der Waals surface area contributed by atoms with E-state index in [1.807, 2.05) is 32.0 Å². The molecule has 1 aromatic rings. The number of aryl methyl sites for hydroxylation is 1. The molecule has 6 heteroatoms. The highest BCUT2D eigenvalue weighted by Crippen LogP contribution is 2.20. The first kappa shape index (κ1) is 14.9. The topological polar surface area (TPSA) is 75.4 Å². The van der Waals surface area contributed by atoms with Crippen molar-refractivity contribution < 1.29 is 8.42 Å². The minimum absolute atomic E-state index is 0.382. The van der Waals surface area contributed by atoms with Crippen molar-refractivity contribution in [2.45, 2.75) is 20.3 Å². The molecule has 0 amide bonds. The van der Waals surface area contributed by atoms with E-state index in [0.29, 0.717) is 19.5 Å². The van der Waals surface area contributed by atoms with Crippen molar-refractivity contribution in [3.8, 4) is 0 Å². The Balaban J connectivity index is 2.82. The molecule has 3 N–H and O–H groups in total. The molecule has 5 nitrogen and oxygen atoms in total. The summed E-state index contributed by atoms with van der Waals surface area (Å²) < 4.78 is 24.5. The van der Waals surface area contributed by atoms with Gasteiger partial charge in [0.2, 0.25) is 10.0 Å². The summed E-state index contributed by atoms with van der Waals surface area (Å²) in [6.07, 6.45) is 1.78. The third kappa shape index (κ3) is 4.64. The maximum absolute atomic E-state index is 11.0. The van der Waals surface area contributed by atoms with E-state index < -0.39 is 10.0 Å². The number of nitrogens with two attached hydrogens (primary N) is 1. The van der Waals surface area contributed by atoms with E-state index in [9.17, 15) is 8.42 Å². The first-order valence-corrected chi connectivity index (χ1v) is 7.79. The van der Waals surface area contributed by atoms with Crippen LogP contribution in [0.2, 0.25) is 0 Å². The molecular formula is C12H21N3O2S. The van der Waals surface area contributed by atoms with Gasteiger partial charge in [-0.1, -0.05) is 17.7 Å². The average molecular weight is 271 g/mol. The lowest BCUT2D eigenvalue weighted by Crippen LogP contribution is -2.32. The van der Waals surface area contributed by atoms with Crippen molar-refractivity contribution >= 4 is 15.7 Å².